The predicted octanol–water partition coefficient (Wildman–Crippen LogP) is 2.45. The number of thioether (sulfide) groups is 1. The monoisotopic (exact) mass is 312 g/mol. The highest BCUT2D eigenvalue weighted by atomic mass is 32.2. The van der Waals surface area contributed by atoms with Crippen LogP contribution < -0.4 is 9.62 Å². The Morgan fingerprint density at radius 2 is 2.05 bits per heavy atom. The summed E-state index contributed by atoms with van der Waals surface area (Å²) in [5.74, 6) is 1.05. The number of hydrogen-bond donors (Lipinski definition) is 1. The van der Waals surface area contributed by atoms with E-state index in [2.05, 4.69) is 9.62 Å². The molecular formula is C14H20N2O2S2. The van der Waals surface area contributed by atoms with Crippen molar-refractivity contribution in [1.29, 1.82) is 0 Å². The second-order valence-corrected chi connectivity index (χ2v) is 8.35. The molecular weight excluding hydrogens is 292 g/mol. The molecule has 0 atom stereocenters. The molecule has 1 aromatic carbocycles. The molecule has 0 bridgehead atoms. The van der Waals surface area contributed by atoms with Crippen molar-refractivity contribution in [2.45, 2.75) is 41.5 Å². The number of benzene rings is 1. The van der Waals surface area contributed by atoms with Crippen LogP contribution in [0.3, 0.4) is 0 Å². The third kappa shape index (κ3) is 2.82. The van der Waals surface area contributed by atoms with Crippen LogP contribution in [0.25, 0.3) is 0 Å². The SMILES string of the molecule is CN1CCSc2ccc(S(=O)(=O)NC3CCCC3)cc21. The number of anilines is 1. The van der Waals surface area contributed by atoms with E-state index in [0.717, 1.165) is 43.7 Å². The van der Waals surface area contributed by atoms with Crippen LogP contribution in [0.2, 0.25) is 0 Å². The molecule has 0 spiro atoms. The smallest absolute Gasteiger partial charge is 0.240 e. The minimum Gasteiger partial charge on any atom is -0.373 e. The highest BCUT2D eigenvalue weighted by Gasteiger charge is 2.24. The summed E-state index contributed by atoms with van der Waals surface area (Å²) in [4.78, 5) is 3.68. The Hall–Kier alpha value is -0.720. The molecule has 20 heavy (non-hydrogen) atoms. The van der Waals surface area contributed by atoms with Gasteiger partial charge in [0.25, 0.3) is 0 Å². The van der Waals surface area contributed by atoms with Crippen LogP contribution in [0.4, 0.5) is 5.69 Å². The zero-order valence-corrected chi connectivity index (χ0v) is 13.3. The fourth-order valence-electron chi connectivity index (χ4n) is 2.83. The average Bonchev–Trinajstić information content (AvgIpc) is 2.91. The highest BCUT2D eigenvalue weighted by molar-refractivity contribution is 7.99. The summed E-state index contributed by atoms with van der Waals surface area (Å²) < 4.78 is 27.7. The lowest BCUT2D eigenvalue weighted by molar-refractivity contribution is 0.552. The number of nitrogens with one attached hydrogen (secondary N) is 1. The van der Waals surface area contributed by atoms with E-state index in [1.807, 2.05) is 13.1 Å². The summed E-state index contributed by atoms with van der Waals surface area (Å²) in [6.07, 6.45) is 4.16. The lowest BCUT2D eigenvalue weighted by Crippen LogP contribution is -2.33. The van der Waals surface area contributed by atoms with Crippen molar-refractivity contribution in [3.8, 4) is 0 Å². The zero-order valence-electron chi connectivity index (χ0n) is 11.6. The second kappa shape index (κ2) is 5.58. The minimum atomic E-state index is -3.39. The molecule has 110 valence electrons. The molecule has 4 nitrogen and oxygen atoms in total. The van der Waals surface area contributed by atoms with Crippen molar-refractivity contribution >= 4 is 27.5 Å². The van der Waals surface area contributed by atoms with E-state index < -0.39 is 10.0 Å². The van der Waals surface area contributed by atoms with Gasteiger partial charge in [-0.3, -0.25) is 0 Å². The summed E-state index contributed by atoms with van der Waals surface area (Å²) in [6, 6.07) is 5.57. The Morgan fingerprint density at radius 3 is 2.80 bits per heavy atom. The number of rotatable bonds is 3. The van der Waals surface area contributed by atoms with Gasteiger partial charge in [0.15, 0.2) is 0 Å². The largest absolute Gasteiger partial charge is 0.373 e. The molecule has 6 heteroatoms. The molecule has 0 aromatic heterocycles. The maximum Gasteiger partial charge on any atom is 0.240 e. The van der Waals surface area contributed by atoms with Crippen molar-refractivity contribution in [3.63, 3.8) is 0 Å². The molecule has 3 rings (SSSR count). The summed E-state index contributed by atoms with van der Waals surface area (Å²) in [5, 5.41) is 0. The summed E-state index contributed by atoms with van der Waals surface area (Å²) in [6.45, 7) is 0.956. The van der Waals surface area contributed by atoms with Crippen molar-refractivity contribution < 1.29 is 8.42 Å². The van der Waals surface area contributed by atoms with E-state index in [4.69, 9.17) is 0 Å². The summed E-state index contributed by atoms with van der Waals surface area (Å²) >= 11 is 1.79. The van der Waals surface area contributed by atoms with Crippen LogP contribution in [0.15, 0.2) is 28.0 Å². The van der Waals surface area contributed by atoms with E-state index in [0.29, 0.717) is 4.90 Å². The fraction of sp³-hybridized carbons (Fsp3) is 0.571. The summed E-state index contributed by atoms with van der Waals surface area (Å²) in [5.41, 5.74) is 1.02. The van der Waals surface area contributed by atoms with E-state index in [9.17, 15) is 8.42 Å². The van der Waals surface area contributed by atoms with E-state index in [1.54, 1.807) is 23.9 Å². The lowest BCUT2D eigenvalue weighted by Gasteiger charge is -2.27. The molecule has 1 aliphatic carbocycles. The second-order valence-electron chi connectivity index (χ2n) is 5.50. The van der Waals surface area contributed by atoms with Gasteiger partial charge < -0.3 is 4.90 Å². The average molecular weight is 312 g/mol. The molecule has 0 saturated heterocycles. The zero-order chi connectivity index (χ0) is 14.2. The Kier molecular flexibility index (Phi) is 3.97. The molecule has 1 aliphatic heterocycles. The highest BCUT2D eigenvalue weighted by Crippen LogP contribution is 2.35. The third-order valence-corrected chi connectivity index (χ3v) is 6.57. The van der Waals surface area contributed by atoms with E-state index in [1.165, 1.54) is 4.90 Å². The number of sulfonamides is 1. The van der Waals surface area contributed by atoms with Crippen LogP contribution in [0.1, 0.15) is 25.7 Å². The minimum absolute atomic E-state index is 0.114. The van der Waals surface area contributed by atoms with Gasteiger partial charge in [-0.1, -0.05) is 12.8 Å². The van der Waals surface area contributed by atoms with E-state index >= 15 is 0 Å². The van der Waals surface area contributed by atoms with Gasteiger partial charge in [0, 0.05) is 30.3 Å². The quantitative estimate of drug-likeness (QED) is 0.931. The molecule has 2 aliphatic rings. The van der Waals surface area contributed by atoms with Crippen molar-refractivity contribution in [1.82, 2.24) is 4.72 Å². The van der Waals surface area contributed by atoms with Crippen molar-refractivity contribution in [3.05, 3.63) is 18.2 Å². The molecule has 1 aromatic rings. The maximum absolute atomic E-state index is 12.4. The first-order chi connectivity index (χ1) is 9.56. The van der Waals surface area contributed by atoms with Crippen LogP contribution in [-0.2, 0) is 10.0 Å². The third-order valence-electron chi connectivity index (χ3n) is 4.01. The van der Waals surface area contributed by atoms with Gasteiger partial charge in [-0.05, 0) is 31.0 Å². The molecule has 1 saturated carbocycles. The van der Waals surface area contributed by atoms with Crippen LogP contribution in [0.5, 0.6) is 0 Å². The van der Waals surface area contributed by atoms with E-state index in [-0.39, 0.29) is 6.04 Å². The Bertz CT molecular complexity index is 595. The van der Waals surface area contributed by atoms with Gasteiger partial charge in [0.2, 0.25) is 10.0 Å². The standard InChI is InChI=1S/C14H20N2O2S2/c1-16-8-9-19-14-7-6-12(10-13(14)16)20(17,18)15-11-4-2-3-5-11/h6-7,10-11,15H,2-5,8-9H2,1H3. The first-order valence-electron chi connectivity index (χ1n) is 7.06. The molecule has 0 unspecified atom stereocenters. The van der Waals surface area contributed by atoms with Crippen molar-refractivity contribution in [2.75, 3.05) is 24.2 Å². The predicted molar refractivity (Wildman–Crippen MR) is 83.0 cm³/mol. The normalized spacial score (nSPS) is 20.1. The topological polar surface area (TPSA) is 49.4 Å². The Balaban J connectivity index is 1.87. The molecule has 1 N–H and O–H groups in total. The van der Waals surface area contributed by atoms with Crippen LogP contribution in [0, 0.1) is 0 Å². The fourth-order valence-corrected chi connectivity index (χ4v) is 5.27. The molecule has 0 radical (unpaired) electrons. The van der Waals surface area contributed by atoms with Crippen molar-refractivity contribution in [2.24, 2.45) is 0 Å². The number of hydrogen-bond acceptors (Lipinski definition) is 4. The van der Waals surface area contributed by atoms with Crippen LogP contribution in [-0.4, -0.2) is 33.8 Å². The summed E-state index contributed by atoms with van der Waals surface area (Å²) in [7, 11) is -1.37. The van der Waals surface area contributed by atoms with Gasteiger partial charge in [0.05, 0.1) is 10.6 Å². The van der Waals surface area contributed by atoms with Gasteiger partial charge in [-0.2, -0.15) is 0 Å². The molecule has 1 fully saturated rings. The molecule has 0 amide bonds. The Morgan fingerprint density at radius 1 is 1.30 bits per heavy atom. The van der Waals surface area contributed by atoms with Gasteiger partial charge in [-0.25, -0.2) is 13.1 Å². The first kappa shape index (κ1) is 14.2. The first-order valence-corrected chi connectivity index (χ1v) is 9.53. The van der Waals surface area contributed by atoms with Gasteiger partial charge in [-0.15, -0.1) is 11.8 Å². The van der Waals surface area contributed by atoms with Gasteiger partial charge >= 0.3 is 0 Å². The lowest BCUT2D eigenvalue weighted by atomic mass is 10.3. The number of nitrogens with zero attached hydrogens (tertiary/aromatic N) is 1. The van der Waals surface area contributed by atoms with Gasteiger partial charge in [0.1, 0.15) is 0 Å². The van der Waals surface area contributed by atoms with Crippen LogP contribution >= 0.6 is 11.8 Å². The number of fused-ring (bicyclic) bond motifs is 1. The molecule has 1 heterocycles. The Labute approximate surface area is 125 Å². The maximum atomic E-state index is 12.4.